The van der Waals surface area contributed by atoms with Gasteiger partial charge in [0.1, 0.15) is 5.82 Å². The predicted octanol–water partition coefficient (Wildman–Crippen LogP) is 2.73. The number of ether oxygens (including phenoxy) is 2. The molecule has 3 N–H and O–H groups in total. The van der Waals surface area contributed by atoms with Crippen molar-refractivity contribution < 1.29 is 28.2 Å². The highest BCUT2D eigenvalue weighted by Crippen LogP contribution is 2.36. The number of anilines is 1. The molecule has 0 radical (unpaired) electrons. The minimum Gasteiger partial charge on any atom is -0.493 e. The number of benzene rings is 2. The summed E-state index contributed by atoms with van der Waals surface area (Å²) in [7, 11) is 1.37. The Morgan fingerprint density at radius 1 is 1.18 bits per heavy atom. The summed E-state index contributed by atoms with van der Waals surface area (Å²) in [4.78, 5) is 35.4. The van der Waals surface area contributed by atoms with Gasteiger partial charge in [0.15, 0.2) is 18.1 Å². The Balaban J connectivity index is 1.99. The molecule has 9 nitrogen and oxygen atoms in total. The Hall–Kier alpha value is -3.66. The van der Waals surface area contributed by atoms with Crippen molar-refractivity contribution in [3.05, 3.63) is 52.8 Å². The van der Waals surface area contributed by atoms with Crippen LogP contribution in [0.25, 0.3) is 0 Å². The molecule has 0 heterocycles. The molecule has 0 spiro atoms. The van der Waals surface area contributed by atoms with Crippen LogP contribution in [0.5, 0.6) is 11.5 Å². The molecule has 0 saturated carbocycles. The van der Waals surface area contributed by atoms with Gasteiger partial charge in [0.05, 0.1) is 24.0 Å². The predicted molar refractivity (Wildman–Crippen MR) is 122 cm³/mol. The Kier molecular flexibility index (Phi) is 9.62. The van der Waals surface area contributed by atoms with E-state index >= 15 is 0 Å². The largest absolute Gasteiger partial charge is 0.493 e. The fourth-order valence-electron chi connectivity index (χ4n) is 2.43. The van der Waals surface area contributed by atoms with E-state index < -0.39 is 30.1 Å². The molecule has 0 bridgehead atoms. The first-order valence-electron chi connectivity index (χ1n) is 9.87. The molecule has 0 aromatic heterocycles. The van der Waals surface area contributed by atoms with Gasteiger partial charge in [0.2, 0.25) is 0 Å². The number of carbonyl (C=O) groups is 3. The highest BCUT2D eigenvalue weighted by molar-refractivity contribution is 6.35. The number of methoxy groups -OCH3 is 1. The molecule has 0 aliphatic carbocycles. The molecule has 33 heavy (non-hydrogen) atoms. The zero-order valence-electron chi connectivity index (χ0n) is 18.3. The van der Waals surface area contributed by atoms with Crippen LogP contribution in [0.3, 0.4) is 0 Å². The number of nitrogens with zero attached hydrogens (tertiary/aromatic N) is 1. The van der Waals surface area contributed by atoms with Crippen molar-refractivity contribution in [2.24, 2.45) is 11.0 Å². The number of hydrazone groups is 1. The summed E-state index contributed by atoms with van der Waals surface area (Å²) < 4.78 is 24.3. The zero-order valence-corrected chi connectivity index (χ0v) is 19.0. The molecule has 0 atom stereocenters. The highest BCUT2D eigenvalue weighted by Gasteiger charge is 2.15. The summed E-state index contributed by atoms with van der Waals surface area (Å²) in [5, 5.41) is 8.70. The van der Waals surface area contributed by atoms with Gasteiger partial charge in [-0.05, 0) is 35.7 Å². The van der Waals surface area contributed by atoms with E-state index in [2.05, 4.69) is 21.2 Å². The van der Waals surface area contributed by atoms with Crippen molar-refractivity contribution in [1.82, 2.24) is 10.7 Å². The molecular formula is C22H24ClFN4O5. The molecule has 0 aliphatic heterocycles. The minimum absolute atomic E-state index is 0.0238. The van der Waals surface area contributed by atoms with Crippen molar-refractivity contribution in [3.8, 4) is 11.5 Å². The second-order valence-electron chi connectivity index (χ2n) is 7.15. The van der Waals surface area contributed by atoms with E-state index in [1.807, 2.05) is 13.8 Å². The van der Waals surface area contributed by atoms with Crippen molar-refractivity contribution in [1.29, 1.82) is 0 Å². The fraction of sp³-hybridized carbons (Fsp3) is 0.273. The van der Waals surface area contributed by atoms with Gasteiger partial charge < -0.3 is 20.1 Å². The third-order valence-corrected chi connectivity index (χ3v) is 4.28. The second kappa shape index (κ2) is 12.4. The third kappa shape index (κ3) is 8.08. The first kappa shape index (κ1) is 25.6. The number of para-hydroxylation sites is 1. The Morgan fingerprint density at radius 2 is 1.91 bits per heavy atom. The summed E-state index contributed by atoms with van der Waals surface area (Å²) in [6.07, 6.45) is 1.26. The number of nitrogens with one attached hydrogen (secondary N) is 3. The summed E-state index contributed by atoms with van der Waals surface area (Å²) >= 11 is 6.24. The van der Waals surface area contributed by atoms with E-state index in [0.717, 1.165) is 0 Å². The SMILES string of the molecule is COc1cc(/C=N\NC(=O)C(=O)NCC(C)C)cc(Cl)c1OCC(=O)Nc1ccccc1F. The minimum atomic E-state index is -0.911. The van der Waals surface area contributed by atoms with Gasteiger partial charge in [-0.25, -0.2) is 9.82 Å². The van der Waals surface area contributed by atoms with Crippen LogP contribution >= 0.6 is 11.6 Å². The summed E-state index contributed by atoms with van der Waals surface area (Å²) in [6, 6.07) is 8.69. The first-order valence-corrected chi connectivity index (χ1v) is 10.2. The molecule has 176 valence electrons. The van der Waals surface area contributed by atoms with Gasteiger partial charge in [-0.1, -0.05) is 37.6 Å². The lowest BCUT2D eigenvalue weighted by Crippen LogP contribution is -2.39. The molecule has 2 rings (SSSR count). The first-order chi connectivity index (χ1) is 15.7. The van der Waals surface area contributed by atoms with Crippen LogP contribution in [-0.2, 0) is 14.4 Å². The Bertz CT molecular complexity index is 1050. The van der Waals surface area contributed by atoms with Gasteiger partial charge in [-0.2, -0.15) is 5.10 Å². The molecule has 0 aliphatic rings. The van der Waals surface area contributed by atoms with Gasteiger partial charge in [-0.15, -0.1) is 0 Å². The van der Waals surface area contributed by atoms with Crippen molar-refractivity contribution in [2.45, 2.75) is 13.8 Å². The van der Waals surface area contributed by atoms with E-state index in [9.17, 15) is 18.8 Å². The number of amides is 3. The molecule has 3 amide bonds. The van der Waals surface area contributed by atoms with Crippen LogP contribution in [0.2, 0.25) is 5.02 Å². The van der Waals surface area contributed by atoms with Crippen molar-refractivity contribution >= 4 is 41.2 Å². The molecular weight excluding hydrogens is 455 g/mol. The average molecular weight is 479 g/mol. The van der Waals surface area contributed by atoms with E-state index in [-0.39, 0.29) is 28.1 Å². The lowest BCUT2D eigenvalue weighted by atomic mass is 10.2. The molecule has 2 aromatic rings. The average Bonchev–Trinajstić information content (AvgIpc) is 2.77. The van der Waals surface area contributed by atoms with Crippen LogP contribution in [0.15, 0.2) is 41.5 Å². The molecule has 11 heteroatoms. The normalized spacial score (nSPS) is 10.7. The number of hydrogen-bond donors (Lipinski definition) is 3. The van der Waals surface area contributed by atoms with Crippen LogP contribution in [0, 0.1) is 11.7 Å². The highest BCUT2D eigenvalue weighted by atomic mass is 35.5. The summed E-state index contributed by atoms with van der Waals surface area (Å²) in [6.45, 7) is 3.72. The fourth-order valence-corrected chi connectivity index (χ4v) is 2.71. The van der Waals surface area contributed by atoms with Crippen molar-refractivity contribution in [2.75, 3.05) is 25.6 Å². The Morgan fingerprint density at radius 3 is 2.58 bits per heavy atom. The lowest BCUT2D eigenvalue weighted by molar-refractivity contribution is -0.139. The van der Waals surface area contributed by atoms with Gasteiger partial charge in [0.25, 0.3) is 5.91 Å². The van der Waals surface area contributed by atoms with Crippen LogP contribution in [-0.4, -0.2) is 44.2 Å². The number of halogens is 2. The van der Waals surface area contributed by atoms with Gasteiger partial charge in [0, 0.05) is 6.54 Å². The van der Waals surface area contributed by atoms with E-state index in [1.165, 1.54) is 43.7 Å². The van der Waals surface area contributed by atoms with Crippen molar-refractivity contribution in [3.63, 3.8) is 0 Å². The number of rotatable bonds is 9. The van der Waals surface area contributed by atoms with Crippen LogP contribution in [0.4, 0.5) is 10.1 Å². The second-order valence-corrected chi connectivity index (χ2v) is 7.56. The summed E-state index contributed by atoms with van der Waals surface area (Å²) in [5.41, 5.74) is 2.57. The monoisotopic (exact) mass is 478 g/mol. The topological polar surface area (TPSA) is 118 Å². The third-order valence-electron chi connectivity index (χ3n) is 4.00. The van der Waals surface area contributed by atoms with E-state index in [1.54, 1.807) is 6.07 Å². The molecule has 2 aromatic carbocycles. The smallest absolute Gasteiger partial charge is 0.329 e. The maximum absolute atomic E-state index is 13.6. The quantitative estimate of drug-likeness (QED) is 0.291. The van der Waals surface area contributed by atoms with Crippen LogP contribution in [0.1, 0.15) is 19.4 Å². The molecule has 0 fully saturated rings. The van der Waals surface area contributed by atoms with Crippen LogP contribution < -0.4 is 25.5 Å². The molecule has 0 unspecified atom stereocenters. The molecule has 0 saturated heterocycles. The zero-order chi connectivity index (χ0) is 24.4. The van der Waals surface area contributed by atoms with Gasteiger partial charge in [-0.3, -0.25) is 14.4 Å². The Labute approximate surface area is 195 Å². The maximum atomic E-state index is 13.6. The lowest BCUT2D eigenvalue weighted by Gasteiger charge is -2.13. The van der Waals surface area contributed by atoms with Gasteiger partial charge >= 0.3 is 11.8 Å². The standard InChI is InChI=1S/C22H24ClFN4O5/c1-13(2)10-25-21(30)22(31)28-26-11-14-8-15(23)20(18(9-14)32-3)33-12-19(29)27-17-7-5-4-6-16(17)24/h4-9,11,13H,10,12H2,1-3H3,(H,25,30)(H,27,29)(H,28,31)/b26-11-. The number of carbonyl (C=O) groups excluding carboxylic acids is 3. The summed E-state index contributed by atoms with van der Waals surface area (Å²) in [5.74, 6) is -2.39. The maximum Gasteiger partial charge on any atom is 0.329 e. The van der Waals surface area contributed by atoms with E-state index in [4.69, 9.17) is 21.1 Å². The number of hydrogen-bond acceptors (Lipinski definition) is 6. The van der Waals surface area contributed by atoms with E-state index in [0.29, 0.717) is 12.1 Å².